The zero-order valence-electron chi connectivity index (χ0n) is 11.9. The molecule has 20 heavy (non-hydrogen) atoms. The molecule has 1 atom stereocenters. The number of rotatable bonds is 4. The van der Waals surface area contributed by atoms with Gasteiger partial charge in [-0.3, -0.25) is 10.1 Å². The molecular weight excluding hydrogens is 262 g/mol. The summed E-state index contributed by atoms with van der Waals surface area (Å²) >= 11 is 0. The van der Waals surface area contributed by atoms with Crippen molar-refractivity contribution in [2.24, 2.45) is 0 Å². The second-order valence-corrected chi connectivity index (χ2v) is 4.75. The molecule has 7 heteroatoms. The van der Waals surface area contributed by atoms with Crippen LogP contribution in [0.3, 0.4) is 0 Å². The zero-order chi connectivity index (χ0) is 14.7. The van der Waals surface area contributed by atoms with Crippen LogP contribution in [0.4, 0.5) is 11.4 Å². The van der Waals surface area contributed by atoms with Crippen LogP contribution < -0.4 is 19.7 Å². The summed E-state index contributed by atoms with van der Waals surface area (Å²) in [5.74, 6) is 0.866. The van der Waals surface area contributed by atoms with Gasteiger partial charge in [-0.15, -0.1) is 0 Å². The normalized spacial score (nSPS) is 18.8. The molecule has 7 nitrogen and oxygen atoms in total. The van der Waals surface area contributed by atoms with Crippen LogP contribution in [0, 0.1) is 10.1 Å². The Hall–Kier alpha value is -2.02. The van der Waals surface area contributed by atoms with Gasteiger partial charge in [0, 0.05) is 31.7 Å². The first-order valence-corrected chi connectivity index (χ1v) is 6.45. The molecule has 1 aliphatic rings. The number of nitro groups is 1. The van der Waals surface area contributed by atoms with E-state index in [0.717, 1.165) is 19.6 Å². The summed E-state index contributed by atoms with van der Waals surface area (Å²) in [6.07, 6.45) is 0. The number of ether oxygens (including phenoxy) is 2. The van der Waals surface area contributed by atoms with Crippen LogP contribution in [-0.2, 0) is 0 Å². The molecule has 0 aliphatic carbocycles. The number of hydrogen-bond donors (Lipinski definition) is 1. The lowest BCUT2D eigenvalue weighted by Crippen LogP contribution is -2.49. The molecule has 0 saturated carbocycles. The molecule has 1 N–H and O–H groups in total. The quantitative estimate of drug-likeness (QED) is 0.664. The predicted octanol–water partition coefficient (Wildman–Crippen LogP) is 1.41. The summed E-state index contributed by atoms with van der Waals surface area (Å²) in [6, 6.07) is 3.38. The maximum absolute atomic E-state index is 11.3. The van der Waals surface area contributed by atoms with Gasteiger partial charge in [-0.1, -0.05) is 0 Å². The average Bonchev–Trinajstić information content (AvgIpc) is 2.45. The predicted molar refractivity (Wildman–Crippen MR) is 75.9 cm³/mol. The number of nitrogens with one attached hydrogen (secondary N) is 1. The first-order chi connectivity index (χ1) is 9.56. The SMILES string of the molecule is COc1cc(N2CCN[C@@H](C)C2)c([N+](=O)[O-])cc1OC. The molecule has 0 unspecified atom stereocenters. The third kappa shape index (κ3) is 2.77. The van der Waals surface area contributed by atoms with E-state index in [-0.39, 0.29) is 16.7 Å². The van der Waals surface area contributed by atoms with Crippen molar-refractivity contribution in [1.29, 1.82) is 0 Å². The second kappa shape index (κ2) is 5.96. The highest BCUT2D eigenvalue weighted by atomic mass is 16.6. The Labute approximate surface area is 117 Å². The van der Waals surface area contributed by atoms with Gasteiger partial charge in [0.1, 0.15) is 5.69 Å². The smallest absolute Gasteiger partial charge is 0.296 e. The van der Waals surface area contributed by atoms with Gasteiger partial charge in [0.15, 0.2) is 11.5 Å². The Bertz CT molecular complexity index is 507. The fraction of sp³-hybridized carbons (Fsp3) is 0.538. The zero-order valence-corrected chi connectivity index (χ0v) is 11.9. The first-order valence-electron chi connectivity index (χ1n) is 6.45. The molecule has 0 bridgehead atoms. The monoisotopic (exact) mass is 281 g/mol. The summed E-state index contributed by atoms with van der Waals surface area (Å²) in [6.45, 7) is 4.29. The highest BCUT2D eigenvalue weighted by Crippen LogP contribution is 2.39. The summed E-state index contributed by atoms with van der Waals surface area (Å²) in [7, 11) is 2.99. The third-order valence-electron chi connectivity index (χ3n) is 3.39. The Balaban J connectivity index is 2.46. The lowest BCUT2D eigenvalue weighted by Gasteiger charge is -2.33. The molecule has 0 radical (unpaired) electrons. The molecule has 1 saturated heterocycles. The van der Waals surface area contributed by atoms with Gasteiger partial charge in [0.05, 0.1) is 25.2 Å². The van der Waals surface area contributed by atoms with Crippen molar-refractivity contribution in [3.05, 3.63) is 22.2 Å². The highest BCUT2D eigenvalue weighted by Gasteiger charge is 2.26. The van der Waals surface area contributed by atoms with Crippen LogP contribution in [0.2, 0.25) is 0 Å². The maximum atomic E-state index is 11.3. The largest absolute Gasteiger partial charge is 0.493 e. The minimum Gasteiger partial charge on any atom is -0.493 e. The van der Waals surface area contributed by atoms with Gasteiger partial charge in [0.25, 0.3) is 5.69 Å². The molecule has 0 aromatic heterocycles. The molecule has 1 aromatic rings. The molecule has 0 spiro atoms. The lowest BCUT2D eigenvalue weighted by atomic mass is 10.1. The van der Waals surface area contributed by atoms with E-state index in [2.05, 4.69) is 12.2 Å². The second-order valence-electron chi connectivity index (χ2n) is 4.75. The number of nitrogens with zero attached hydrogens (tertiary/aromatic N) is 2. The van der Waals surface area contributed by atoms with Crippen molar-refractivity contribution in [2.45, 2.75) is 13.0 Å². The molecule has 110 valence electrons. The van der Waals surface area contributed by atoms with E-state index in [9.17, 15) is 10.1 Å². The Kier molecular flexibility index (Phi) is 4.29. The number of anilines is 1. The Morgan fingerprint density at radius 1 is 1.35 bits per heavy atom. The number of piperazine rings is 1. The number of nitro benzene ring substituents is 1. The van der Waals surface area contributed by atoms with Crippen LogP contribution in [0.15, 0.2) is 12.1 Å². The number of methoxy groups -OCH3 is 2. The van der Waals surface area contributed by atoms with Crippen LogP contribution in [0.25, 0.3) is 0 Å². The molecule has 1 heterocycles. The van der Waals surface area contributed by atoms with E-state index in [0.29, 0.717) is 17.2 Å². The minimum absolute atomic E-state index is 0.0387. The van der Waals surface area contributed by atoms with Crippen LogP contribution in [0.5, 0.6) is 11.5 Å². The van der Waals surface area contributed by atoms with Crippen molar-refractivity contribution in [1.82, 2.24) is 5.32 Å². The van der Waals surface area contributed by atoms with E-state index in [1.54, 1.807) is 6.07 Å². The van der Waals surface area contributed by atoms with E-state index in [4.69, 9.17) is 9.47 Å². The van der Waals surface area contributed by atoms with Crippen molar-refractivity contribution < 1.29 is 14.4 Å². The van der Waals surface area contributed by atoms with E-state index in [1.807, 2.05) is 4.90 Å². The van der Waals surface area contributed by atoms with E-state index >= 15 is 0 Å². The summed E-state index contributed by atoms with van der Waals surface area (Å²) < 4.78 is 10.4. The van der Waals surface area contributed by atoms with E-state index < -0.39 is 0 Å². The average molecular weight is 281 g/mol. The van der Waals surface area contributed by atoms with Gasteiger partial charge in [-0.05, 0) is 6.92 Å². The van der Waals surface area contributed by atoms with Gasteiger partial charge in [0.2, 0.25) is 0 Å². The molecule has 1 aliphatic heterocycles. The molecule has 1 aromatic carbocycles. The number of hydrogen-bond acceptors (Lipinski definition) is 6. The van der Waals surface area contributed by atoms with Crippen LogP contribution in [-0.4, -0.2) is 44.8 Å². The summed E-state index contributed by atoms with van der Waals surface area (Å²) in [4.78, 5) is 12.9. The van der Waals surface area contributed by atoms with Crippen molar-refractivity contribution in [2.75, 3.05) is 38.8 Å². The summed E-state index contributed by atoms with van der Waals surface area (Å²) in [5, 5.41) is 14.6. The van der Waals surface area contributed by atoms with Gasteiger partial charge in [-0.25, -0.2) is 0 Å². The van der Waals surface area contributed by atoms with Gasteiger partial charge >= 0.3 is 0 Å². The highest BCUT2D eigenvalue weighted by molar-refractivity contribution is 5.70. The fourth-order valence-corrected chi connectivity index (χ4v) is 2.41. The standard InChI is InChI=1S/C13H19N3O4/c1-9-8-15(5-4-14-9)10-6-12(19-2)13(20-3)7-11(10)16(17)18/h6-7,9,14H,4-5,8H2,1-3H3/t9-/m0/s1. The Morgan fingerprint density at radius 2 is 2.00 bits per heavy atom. The number of benzene rings is 1. The van der Waals surface area contributed by atoms with Gasteiger partial charge in [-0.2, -0.15) is 0 Å². The van der Waals surface area contributed by atoms with Crippen molar-refractivity contribution in [3.63, 3.8) is 0 Å². The lowest BCUT2D eigenvalue weighted by molar-refractivity contribution is -0.384. The Morgan fingerprint density at radius 3 is 2.55 bits per heavy atom. The fourth-order valence-electron chi connectivity index (χ4n) is 2.41. The molecule has 1 fully saturated rings. The topological polar surface area (TPSA) is 76.9 Å². The molecule has 2 rings (SSSR count). The van der Waals surface area contributed by atoms with E-state index in [1.165, 1.54) is 20.3 Å². The third-order valence-corrected chi connectivity index (χ3v) is 3.39. The summed E-state index contributed by atoms with van der Waals surface area (Å²) in [5.41, 5.74) is 0.609. The molecular formula is C13H19N3O4. The minimum atomic E-state index is -0.385. The first kappa shape index (κ1) is 14.4. The van der Waals surface area contributed by atoms with Crippen molar-refractivity contribution in [3.8, 4) is 11.5 Å². The maximum Gasteiger partial charge on any atom is 0.296 e. The van der Waals surface area contributed by atoms with Crippen molar-refractivity contribution >= 4 is 11.4 Å². The molecule has 0 amide bonds. The van der Waals surface area contributed by atoms with Crippen LogP contribution in [0.1, 0.15) is 6.92 Å². The van der Waals surface area contributed by atoms with Crippen LogP contribution >= 0.6 is 0 Å². The van der Waals surface area contributed by atoms with Gasteiger partial charge < -0.3 is 19.7 Å².